The molecule has 2 aromatic heterocycles. The first-order valence-corrected chi connectivity index (χ1v) is 9.49. The van der Waals surface area contributed by atoms with Gasteiger partial charge in [-0.2, -0.15) is 0 Å². The van der Waals surface area contributed by atoms with Gasteiger partial charge < -0.3 is 10.6 Å². The molecule has 0 aromatic carbocycles. The van der Waals surface area contributed by atoms with E-state index < -0.39 is 0 Å². The van der Waals surface area contributed by atoms with Crippen molar-refractivity contribution in [3.8, 4) is 0 Å². The van der Waals surface area contributed by atoms with Crippen LogP contribution < -0.4 is 10.6 Å². The summed E-state index contributed by atoms with van der Waals surface area (Å²) in [5.41, 5.74) is 0.886. The zero-order valence-corrected chi connectivity index (χ0v) is 15.6. The minimum Gasteiger partial charge on any atom is -0.357 e. The molecule has 0 saturated heterocycles. The van der Waals surface area contributed by atoms with Crippen LogP contribution in [0.3, 0.4) is 0 Å². The molecule has 2 atom stereocenters. The van der Waals surface area contributed by atoms with E-state index >= 15 is 0 Å². The van der Waals surface area contributed by atoms with Gasteiger partial charge in [0.2, 0.25) is 0 Å². The maximum atomic E-state index is 4.75. The number of aliphatic imine (C=N–C) groups is 1. The van der Waals surface area contributed by atoms with E-state index in [4.69, 9.17) is 4.99 Å². The fourth-order valence-corrected chi connectivity index (χ4v) is 3.91. The van der Waals surface area contributed by atoms with E-state index in [1.54, 1.807) is 0 Å². The summed E-state index contributed by atoms with van der Waals surface area (Å²) < 4.78 is 2.03. The molecule has 6 nitrogen and oxygen atoms in total. The fourth-order valence-electron chi connectivity index (χ4n) is 3.91. The molecule has 2 aromatic rings. The minimum atomic E-state index is 0.519. The SMILES string of the molecule is CCNC(=NCCc1nnc2ccccn12)NC1CC(C)CC(C)C1. The summed E-state index contributed by atoms with van der Waals surface area (Å²) in [6.07, 6.45) is 6.57. The average molecular weight is 342 g/mol. The van der Waals surface area contributed by atoms with Crippen LogP contribution in [0.1, 0.15) is 45.9 Å². The monoisotopic (exact) mass is 342 g/mol. The molecule has 25 heavy (non-hydrogen) atoms. The third kappa shape index (κ3) is 4.71. The van der Waals surface area contributed by atoms with Gasteiger partial charge in [0.15, 0.2) is 11.6 Å². The van der Waals surface area contributed by atoms with E-state index in [-0.39, 0.29) is 0 Å². The van der Waals surface area contributed by atoms with E-state index in [1.165, 1.54) is 19.3 Å². The van der Waals surface area contributed by atoms with Crippen LogP contribution in [0.15, 0.2) is 29.4 Å². The van der Waals surface area contributed by atoms with E-state index in [0.717, 1.165) is 42.2 Å². The molecule has 2 heterocycles. The maximum absolute atomic E-state index is 4.75. The Balaban J connectivity index is 1.60. The van der Waals surface area contributed by atoms with Gasteiger partial charge in [-0.15, -0.1) is 10.2 Å². The maximum Gasteiger partial charge on any atom is 0.191 e. The molecule has 0 bridgehead atoms. The zero-order chi connectivity index (χ0) is 17.6. The second kappa shape index (κ2) is 8.32. The average Bonchev–Trinajstić information content (AvgIpc) is 2.97. The van der Waals surface area contributed by atoms with Gasteiger partial charge in [-0.1, -0.05) is 19.9 Å². The molecular formula is C19H30N6. The number of nitrogens with zero attached hydrogens (tertiary/aromatic N) is 4. The number of hydrogen-bond donors (Lipinski definition) is 2. The molecule has 0 aliphatic heterocycles. The molecule has 0 spiro atoms. The summed E-state index contributed by atoms with van der Waals surface area (Å²) in [5, 5.41) is 15.5. The Morgan fingerprint density at radius 1 is 1.20 bits per heavy atom. The minimum absolute atomic E-state index is 0.519. The summed E-state index contributed by atoms with van der Waals surface area (Å²) in [5.74, 6) is 3.44. The van der Waals surface area contributed by atoms with Crippen molar-refractivity contribution in [1.82, 2.24) is 25.2 Å². The second-order valence-electron chi connectivity index (χ2n) is 7.31. The summed E-state index contributed by atoms with van der Waals surface area (Å²) in [7, 11) is 0. The van der Waals surface area contributed by atoms with Gasteiger partial charge in [0.25, 0.3) is 0 Å². The highest BCUT2D eigenvalue weighted by Gasteiger charge is 2.24. The lowest BCUT2D eigenvalue weighted by atomic mass is 9.80. The van der Waals surface area contributed by atoms with Gasteiger partial charge in [-0.3, -0.25) is 9.39 Å². The van der Waals surface area contributed by atoms with Crippen molar-refractivity contribution in [2.24, 2.45) is 16.8 Å². The third-order valence-corrected chi connectivity index (χ3v) is 4.85. The Bertz CT molecular complexity index is 697. The third-order valence-electron chi connectivity index (χ3n) is 4.85. The Labute approximate surface area is 150 Å². The van der Waals surface area contributed by atoms with Gasteiger partial charge in [-0.05, 0) is 50.2 Å². The van der Waals surface area contributed by atoms with Gasteiger partial charge >= 0.3 is 0 Å². The molecule has 2 unspecified atom stereocenters. The zero-order valence-electron chi connectivity index (χ0n) is 15.6. The summed E-state index contributed by atoms with van der Waals surface area (Å²) >= 11 is 0. The normalized spacial score (nSPS) is 24.4. The van der Waals surface area contributed by atoms with Crippen LogP contribution in [0.5, 0.6) is 0 Å². The van der Waals surface area contributed by atoms with Crippen molar-refractivity contribution in [1.29, 1.82) is 0 Å². The van der Waals surface area contributed by atoms with E-state index in [1.807, 2.05) is 28.8 Å². The number of fused-ring (bicyclic) bond motifs is 1. The number of aromatic nitrogens is 3. The number of nitrogens with one attached hydrogen (secondary N) is 2. The van der Waals surface area contributed by atoms with Crippen LogP contribution in [0.4, 0.5) is 0 Å². The highest BCUT2D eigenvalue weighted by atomic mass is 15.2. The quantitative estimate of drug-likeness (QED) is 0.647. The molecule has 0 amide bonds. The summed E-state index contributed by atoms with van der Waals surface area (Å²) in [6.45, 7) is 8.38. The predicted octanol–water partition coefficient (Wildman–Crippen LogP) is 2.65. The Hall–Kier alpha value is -2.11. The molecule has 2 N–H and O–H groups in total. The van der Waals surface area contributed by atoms with Crippen molar-refractivity contribution < 1.29 is 0 Å². The van der Waals surface area contributed by atoms with Crippen LogP contribution in [-0.4, -0.2) is 39.7 Å². The molecule has 6 heteroatoms. The van der Waals surface area contributed by atoms with Crippen LogP contribution in [-0.2, 0) is 6.42 Å². The summed E-state index contributed by atoms with van der Waals surface area (Å²) in [6, 6.07) is 6.47. The molecule has 1 aliphatic rings. The molecule has 1 saturated carbocycles. The van der Waals surface area contributed by atoms with E-state index in [0.29, 0.717) is 12.6 Å². The second-order valence-corrected chi connectivity index (χ2v) is 7.31. The lowest BCUT2D eigenvalue weighted by Gasteiger charge is -2.32. The van der Waals surface area contributed by atoms with E-state index in [2.05, 4.69) is 41.6 Å². The summed E-state index contributed by atoms with van der Waals surface area (Å²) in [4.78, 5) is 4.75. The first-order valence-electron chi connectivity index (χ1n) is 9.49. The highest BCUT2D eigenvalue weighted by molar-refractivity contribution is 5.80. The molecule has 1 aliphatic carbocycles. The topological polar surface area (TPSA) is 66.6 Å². The lowest BCUT2D eigenvalue weighted by molar-refractivity contribution is 0.255. The van der Waals surface area contributed by atoms with Gasteiger partial charge in [0, 0.05) is 31.7 Å². The number of pyridine rings is 1. The van der Waals surface area contributed by atoms with E-state index in [9.17, 15) is 0 Å². The molecule has 3 rings (SSSR count). The Kier molecular flexibility index (Phi) is 5.89. The largest absolute Gasteiger partial charge is 0.357 e. The molecular weight excluding hydrogens is 312 g/mol. The van der Waals surface area contributed by atoms with Gasteiger partial charge in [0.1, 0.15) is 5.82 Å². The van der Waals surface area contributed by atoms with Crippen molar-refractivity contribution in [3.63, 3.8) is 0 Å². The van der Waals surface area contributed by atoms with Crippen LogP contribution in [0.2, 0.25) is 0 Å². The Morgan fingerprint density at radius 2 is 2.00 bits per heavy atom. The van der Waals surface area contributed by atoms with Crippen molar-refractivity contribution >= 4 is 11.6 Å². The number of hydrogen-bond acceptors (Lipinski definition) is 3. The van der Waals surface area contributed by atoms with Crippen LogP contribution in [0, 0.1) is 11.8 Å². The van der Waals surface area contributed by atoms with Crippen molar-refractivity contribution in [2.45, 2.75) is 52.5 Å². The lowest BCUT2D eigenvalue weighted by Crippen LogP contribution is -2.46. The Morgan fingerprint density at radius 3 is 2.76 bits per heavy atom. The predicted molar refractivity (Wildman–Crippen MR) is 102 cm³/mol. The highest BCUT2D eigenvalue weighted by Crippen LogP contribution is 2.28. The first-order chi connectivity index (χ1) is 12.2. The molecule has 1 fully saturated rings. The van der Waals surface area contributed by atoms with Gasteiger partial charge in [-0.25, -0.2) is 0 Å². The standard InChI is InChI=1S/C19H30N6/c1-4-20-19(22-16-12-14(2)11-15(3)13-16)21-9-8-18-24-23-17-7-5-6-10-25(17)18/h5-7,10,14-16H,4,8-9,11-13H2,1-3H3,(H2,20,21,22). The van der Waals surface area contributed by atoms with Gasteiger partial charge in [0.05, 0.1) is 0 Å². The fraction of sp³-hybridized carbons (Fsp3) is 0.632. The molecule has 136 valence electrons. The number of rotatable bonds is 5. The smallest absolute Gasteiger partial charge is 0.191 e. The number of guanidine groups is 1. The molecule has 0 radical (unpaired) electrons. The first kappa shape index (κ1) is 17.7. The van der Waals surface area contributed by atoms with Crippen molar-refractivity contribution in [3.05, 3.63) is 30.2 Å². The van der Waals surface area contributed by atoms with Crippen LogP contribution >= 0.6 is 0 Å². The van der Waals surface area contributed by atoms with Crippen molar-refractivity contribution in [2.75, 3.05) is 13.1 Å². The van der Waals surface area contributed by atoms with Crippen LogP contribution in [0.25, 0.3) is 5.65 Å².